The number of benzene rings is 1. The Morgan fingerprint density at radius 3 is 2.76 bits per heavy atom. The van der Waals surface area contributed by atoms with Crippen LogP contribution in [0.1, 0.15) is 39.8 Å². The smallest absolute Gasteiger partial charge is 0.124 e. The summed E-state index contributed by atoms with van der Waals surface area (Å²) in [5.74, 6) is 5.52. The molecule has 1 unspecified atom stereocenters. The molecule has 0 bridgehead atoms. The van der Waals surface area contributed by atoms with Crippen molar-refractivity contribution in [1.29, 1.82) is 0 Å². The molecule has 0 spiro atoms. The van der Waals surface area contributed by atoms with Crippen molar-refractivity contribution in [2.75, 3.05) is 0 Å². The van der Waals surface area contributed by atoms with Crippen LogP contribution < -0.4 is 11.3 Å². The monoisotopic (exact) mass is 368 g/mol. The maximum absolute atomic E-state index is 13.5. The third kappa shape index (κ3) is 3.54. The molecule has 3 N–H and O–H groups in total. The van der Waals surface area contributed by atoms with Crippen LogP contribution in [0.3, 0.4) is 0 Å². The molecule has 0 amide bonds. The molecular formula is C16H18BrFN2S. The first-order valence-corrected chi connectivity index (χ1v) is 8.79. The maximum atomic E-state index is 13.5. The number of hydrogen-bond donors (Lipinski definition) is 2. The maximum Gasteiger partial charge on any atom is 0.124 e. The Balaban J connectivity index is 1.82. The van der Waals surface area contributed by atoms with Crippen LogP contribution in [0, 0.1) is 5.82 Å². The van der Waals surface area contributed by atoms with Crippen molar-refractivity contribution in [3.8, 4) is 0 Å². The third-order valence-corrected chi connectivity index (χ3v) is 5.73. The second-order valence-electron chi connectivity index (χ2n) is 5.51. The van der Waals surface area contributed by atoms with E-state index in [2.05, 4.69) is 27.4 Å². The van der Waals surface area contributed by atoms with Crippen LogP contribution in [0.4, 0.5) is 4.39 Å². The summed E-state index contributed by atoms with van der Waals surface area (Å²) < 4.78 is 14.3. The molecule has 0 saturated carbocycles. The Morgan fingerprint density at radius 1 is 1.24 bits per heavy atom. The highest BCUT2D eigenvalue weighted by Gasteiger charge is 2.19. The Hall–Kier alpha value is -0.750. The number of fused-ring (bicyclic) bond motifs is 1. The summed E-state index contributed by atoms with van der Waals surface area (Å²) in [6.45, 7) is 0. The molecule has 1 aromatic heterocycles. The highest BCUT2D eigenvalue weighted by molar-refractivity contribution is 9.10. The lowest BCUT2D eigenvalue weighted by molar-refractivity contribution is 0.556. The molecule has 1 atom stereocenters. The predicted molar refractivity (Wildman–Crippen MR) is 88.8 cm³/mol. The van der Waals surface area contributed by atoms with Gasteiger partial charge >= 0.3 is 0 Å². The fraction of sp³-hybridized carbons (Fsp3) is 0.375. The predicted octanol–water partition coefficient (Wildman–Crippen LogP) is 4.28. The number of thiophene rings is 1. The molecule has 5 heteroatoms. The highest BCUT2D eigenvalue weighted by Crippen LogP contribution is 2.34. The van der Waals surface area contributed by atoms with E-state index >= 15 is 0 Å². The zero-order chi connectivity index (χ0) is 14.8. The Kier molecular flexibility index (Phi) is 4.74. The van der Waals surface area contributed by atoms with Crippen LogP contribution in [0.25, 0.3) is 0 Å². The second-order valence-corrected chi connectivity index (χ2v) is 7.59. The quantitative estimate of drug-likeness (QED) is 0.624. The standard InChI is InChI=1S/C16H18BrFN2S/c17-12-5-10(6-13(18)9-12)7-14(20-19)16-8-11-3-1-2-4-15(11)21-16/h5-6,8-9,14,20H,1-4,7,19H2. The fourth-order valence-corrected chi connectivity index (χ4v) is 4.72. The molecular weight excluding hydrogens is 351 g/mol. The Bertz CT molecular complexity index is 597. The number of hydrazine groups is 1. The zero-order valence-electron chi connectivity index (χ0n) is 11.7. The van der Waals surface area contributed by atoms with Crippen LogP contribution in [0.2, 0.25) is 0 Å². The van der Waals surface area contributed by atoms with Crippen molar-refractivity contribution < 1.29 is 4.39 Å². The van der Waals surface area contributed by atoms with Gasteiger partial charge in [0.15, 0.2) is 0 Å². The van der Waals surface area contributed by atoms with E-state index in [1.807, 2.05) is 17.4 Å². The van der Waals surface area contributed by atoms with Crippen LogP contribution in [0.5, 0.6) is 0 Å². The summed E-state index contributed by atoms with van der Waals surface area (Å²) in [5, 5.41) is 0. The number of rotatable bonds is 4. The van der Waals surface area contributed by atoms with E-state index in [1.54, 1.807) is 6.07 Å². The molecule has 0 aliphatic heterocycles. The molecule has 0 fully saturated rings. The zero-order valence-corrected chi connectivity index (χ0v) is 14.1. The third-order valence-electron chi connectivity index (χ3n) is 3.92. The molecule has 21 heavy (non-hydrogen) atoms. The minimum atomic E-state index is -0.222. The Labute approximate surface area is 136 Å². The van der Waals surface area contributed by atoms with E-state index in [4.69, 9.17) is 5.84 Å². The summed E-state index contributed by atoms with van der Waals surface area (Å²) in [6.07, 6.45) is 5.61. The first-order chi connectivity index (χ1) is 10.2. The van der Waals surface area contributed by atoms with Gasteiger partial charge in [0, 0.05) is 14.2 Å². The van der Waals surface area contributed by atoms with Crippen LogP contribution in [-0.4, -0.2) is 0 Å². The summed E-state index contributed by atoms with van der Waals surface area (Å²) >= 11 is 5.19. The highest BCUT2D eigenvalue weighted by atomic mass is 79.9. The summed E-state index contributed by atoms with van der Waals surface area (Å²) in [7, 11) is 0. The van der Waals surface area contributed by atoms with Crippen LogP contribution in [0.15, 0.2) is 28.7 Å². The molecule has 2 aromatic rings. The van der Waals surface area contributed by atoms with Gasteiger partial charge in [-0.3, -0.25) is 11.3 Å². The van der Waals surface area contributed by atoms with Crippen molar-refractivity contribution in [3.63, 3.8) is 0 Å². The average molecular weight is 369 g/mol. The lowest BCUT2D eigenvalue weighted by Gasteiger charge is -2.14. The average Bonchev–Trinajstić information content (AvgIpc) is 2.87. The van der Waals surface area contributed by atoms with Gasteiger partial charge in [-0.25, -0.2) is 4.39 Å². The first kappa shape index (κ1) is 15.2. The molecule has 1 aliphatic carbocycles. The number of aryl methyl sites for hydroxylation is 2. The van der Waals surface area contributed by atoms with Gasteiger partial charge in [0.05, 0.1) is 6.04 Å². The normalized spacial score (nSPS) is 15.8. The van der Waals surface area contributed by atoms with Crippen molar-refractivity contribution >= 4 is 27.3 Å². The summed E-state index contributed by atoms with van der Waals surface area (Å²) in [5.41, 5.74) is 5.30. The van der Waals surface area contributed by atoms with E-state index in [0.29, 0.717) is 6.42 Å². The second kappa shape index (κ2) is 6.57. The van der Waals surface area contributed by atoms with Crippen LogP contribution in [-0.2, 0) is 19.3 Å². The van der Waals surface area contributed by atoms with Gasteiger partial charge in [0.25, 0.3) is 0 Å². The lowest BCUT2D eigenvalue weighted by Crippen LogP contribution is -2.29. The largest absolute Gasteiger partial charge is 0.271 e. The number of nitrogens with one attached hydrogen (secondary N) is 1. The van der Waals surface area contributed by atoms with Gasteiger partial charge in [0.2, 0.25) is 0 Å². The van der Waals surface area contributed by atoms with Crippen molar-refractivity contribution in [3.05, 3.63) is 55.4 Å². The van der Waals surface area contributed by atoms with E-state index in [0.717, 1.165) is 10.0 Å². The number of halogens is 2. The van der Waals surface area contributed by atoms with E-state index in [-0.39, 0.29) is 11.9 Å². The van der Waals surface area contributed by atoms with Crippen molar-refractivity contribution in [1.82, 2.24) is 5.43 Å². The minimum absolute atomic E-state index is 0.0364. The molecule has 1 heterocycles. The summed E-state index contributed by atoms with van der Waals surface area (Å²) in [4.78, 5) is 2.75. The van der Waals surface area contributed by atoms with Crippen molar-refractivity contribution in [2.24, 2.45) is 5.84 Å². The summed E-state index contributed by atoms with van der Waals surface area (Å²) in [6, 6.07) is 7.30. The molecule has 0 radical (unpaired) electrons. The molecule has 1 aliphatic rings. The van der Waals surface area contributed by atoms with E-state index in [9.17, 15) is 4.39 Å². The molecule has 0 saturated heterocycles. The van der Waals surface area contributed by atoms with E-state index < -0.39 is 0 Å². The van der Waals surface area contributed by atoms with Gasteiger partial charge in [-0.05, 0) is 67.5 Å². The first-order valence-electron chi connectivity index (χ1n) is 7.18. The topological polar surface area (TPSA) is 38.0 Å². The van der Waals surface area contributed by atoms with Gasteiger partial charge in [-0.15, -0.1) is 11.3 Å². The van der Waals surface area contributed by atoms with E-state index in [1.165, 1.54) is 47.1 Å². The van der Waals surface area contributed by atoms with Gasteiger partial charge in [-0.2, -0.15) is 0 Å². The molecule has 1 aromatic carbocycles. The molecule has 2 nitrogen and oxygen atoms in total. The Morgan fingerprint density at radius 2 is 2.05 bits per heavy atom. The lowest BCUT2D eigenvalue weighted by atomic mass is 9.98. The minimum Gasteiger partial charge on any atom is -0.271 e. The SMILES string of the molecule is NNC(Cc1cc(F)cc(Br)c1)c1cc2c(s1)CCCC2. The molecule has 3 rings (SSSR count). The van der Waals surface area contributed by atoms with Gasteiger partial charge in [-0.1, -0.05) is 15.9 Å². The molecule has 112 valence electrons. The van der Waals surface area contributed by atoms with Crippen molar-refractivity contribution in [2.45, 2.75) is 38.1 Å². The van der Waals surface area contributed by atoms with Gasteiger partial charge in [0.1, 0.15) is 5.82 Å². The number of hydrogen-bond acceptors (Lipinski definition) is 3. The van der Waals surface area contributed by atoms with Gasteiger partial charge < -0.3 is 0 Å². The fourth-order valence-electron chi connectivity index (χ4n) is 2.89. The number of nitrogens with two attached hydrogens (primary N) is 1. The van der Waals surface area contributed by atoms with Crippen LogP contribution >= 0.6 is 27.3 Å².